The Bertz CT molecular complexity index is 195. The molecular formula is C16H34O. The van der Waals surface area contributed by atoms with Crippen molar-refractivity contribution in [2.45, 2.75) is 74.1 Å². The average Bonchev–Trinajstić information content (AvgIpc) is 2.07. The van der Waals surface area contributed by atoms with Gasteiger partial charge in [0, 0.05) is 6.61 Å². The smallest absolute Gasteiger partial charge is 0.0459 e. The summed E-state index contributed by atoms with van der Waals surface area (Å²) in [5, 5.41) is 9.47. The highest BCUT2D eigenvalue weighted by Crippen LogP contribution is 2.31. The van der Waals surface area contributed by atoms with Crippen LogP contribution in [0.4, 0.5) is 0 Å². The summed E-state index contributed by atoms with van der Waals surface area (Å²) in [6.45, 7) is 16.4. The van der Waals surface area contributed by atoms with Gasteiger partial charge in [0.2, 0.25) is 0 Å². The van der Waals surface area contributed by atoms with E-state index in [1.54, 1.807) is 0 Å². The fourth-order valence-electron chi connectivity index (χ4n) is 2.62. The van der Waals surface area contributed by atoms with Crippen LogP contribution in [0, 0.1) is 22.7 Å². The molecule has 0 aromatic rings. The molecule has 1 N–H and O–H groups in total. The highest BCUT2D eigenvalue weighted by molar-refractivity contribution is 4.72. The van der Waals surface area contributed by atoms with Crippen LogP contribution in [-0.4, -0.2) is 11.7 Å². The zero-order valence-corrected chi connectivity index (χ0v) is 13.1. The number of rotatable bonds is 6. The molecule has 0 amide bonds. The topological polar surface area (TPSA) is 20.2 Å². The van der Waals surface area contributed by atoms with Crippen LogP contribution in [0.15, 0.2) is 0 Å². The zero-order valence-electron chi connectivity index (χ0n) is 13.1. The second-order valence-electron chi connectivity index (χ2n) is 8.25. The van der Waals surface area contributed by atoms with Gasteiger partial charge >= 0.3 is 0 Å². The molecule has 0 spiro atoms. The van der Waals surface area contributed by atoms with Gasteiger partial charge in [0.15, 0.2) is 0 Å². The Morgan fingerprint density at radius 2 is 1.47 bits per heavy atom. The van der Waals surface area contributed by atoms with Crippen molar-refractivity contribution < 1.29 is 5.11 Å². The monoisotopic (exact) mass is 242 g/mol. The van der Waals surface area contributed by atoms with E-state index in [1.165, 1.54) is 19.3 Å². The fourth-order valence-corrected chi connectivity index (χ4v) is 2.62. The van der Waals surface area contributed by atoms with Gasteiger partial charge in [-0.25, -0.2) is 0 Å². The first kappa shape index (κ1) is 17.0. The van der Waals surface area contributed by atoms with E-state index < -0.39 is 0 Å². The van der Waals surface area contributed by atoms with E-state index in [0.717, 1.165) is 6.42 Å². The molecule has 0 heterocycles. The molecule has 104 valence electrons. The van der Waals surface area contributed by atoms with Gasteiger partial charge in [-0.05, 0) is 48.3 Å². The molecule has 0 aliphatic rings. The zero-order chi connectivity index (χ0) is 13.7. The van der Waals surface area contributed by atoms with Crippen LogP contribution in [0.2, 0.25) is 0 Å². The van der Waals surface area contributed by atoms with Gasteiger partial charge in [-0.3, -0.25) is 0 Å². The minimum absolute atomic E-state index is 0.352. The third kappa shape index (κ3) is 10.8. The van der Waals surface area contributed by atoms with E-state index >= 15 is 0 Å². The van der Waals surface area contributed by atoms with Crippen LogP contribution < -0.4 is 0 Å². The summed E-state index contributed by atoms with van der Waals surface area (Å²) in [4.78, 5) is 0. The maximum atomic E-state index is 9.47. The molecule has 17 heavy (non-hydrogen) atoms. The predicted octanol–water partition coefficient (Wildman–Crippen LogP) is 4.88. The lowest BCUT2D eigenvalue weighted by molar-refractivity contribution is 0.165. The van der Waals surface area contributed by atoms with Gasteiger partial charge < -0.3 is 5.11 Å². The van der Waals surface area contributed by atoms with Crippen LogP contribution in [0.25, 0.3) is 0 Å². The molecule has 0 aliphatic carbocycles. The molecule has 0 aromatic heterocycles. The second kappa shape index (κ2) is 6.78. The molecule has 2 unspecified atom stereocenters. The maximum Gasteiger partial charge on any atom is 0.0459 e. The first-order chi connectivity index (χ1) is 7.53. The van der Waals surface area contributed by atoms with E-state index in [0.29, 0.717) is 29.3 Å². The Kier molecular flexibility index (Phi) is 6.76. The molecule has 0 saturated carbocycles. The number of aliphatic hydroxyl groups excluding tert-OH is 1. The molecule has 1 nitrogen and oxygen atoms in total. The highest BCUT2D eigenvalue weighted by Gasteiger charge is 2.20. The van der Waals surface area contributed by atoms with E-state index in [-0.39, 0.29) is 0 Å². The summed E-state index contributed by atoms with van der Waals surface area (Å²) in [5.41, 5.74) is 0.796. The molecule has 2 atom stereocenters. The molecule has 0 aromatic carbocycles. The van der Waals surface area contributed by atoms with Crippen molar-refractivity contribution in [3.05, 3.63) is 0 Å². The van der Waals surface area contributed by atoms with Gasteiger partial charge in [-0.1, -0.05) is 48.5 Å². The van der Waals surface area contributed by atoms with Crippen molar-refractivity contribution in [1.82, 2.24) is 0 Å². The van der Waals surface area contributed by atoms with Crippen molar-refractivity contribution in [2.75, 3.05) is 6.61 Å². The quantitative estimate of drug-likeness (QED) is 0.703. The number of hydrogen-bond donors (Lipinski definition) is 1. The normalized spacial score (nSPS) is 16.9. The van der Waals surface area contributed by atoms with Crippen LogP contribution >= 0.6 is 0 Å². The molecule has 1 heteroatoms. The number of aliphatic hydroxyl groups is 1. The average molecular weight is 242 g/mol. The SMILES string of the molecule is CC(CC(CO)CCC(C)(C)C)CC(C)(C)C. The molecule has 0 bridgehead atoms. The van der Waals surface area contributed by atoms with Crippen molar-refractivity contribution in [3.63, 3.8) is 0 Å². The number of hydrogen-bond acceptors (Lipinski definition) is 1. The summed E-state index contributed by atoms with van der Waals surface area (Å²) in [6, 6.07) is 0. The Labute approximate surface area is 109 Å². The van der Waals surface area contributed by atoms with E-state index in [2.05, 4.69) is 48.5 Å². The van der Waals surface area contributed by atoms with Crippen molar-refractivity contribution in [3.8, 4) is 0 Å². The minimum Gasteiger partial charge on any atom is -0.396 e. The summed E-state index contributed by atoms with van der Waals surface area (Å²) in [6.07, 6.45) is 4.79. The third-order valence-electron chi connectivity index (χ3n) is 3.26. The lowest BCUT2D eigenvalue weighted by Crippen LogP contribution is -2.18. The first-order valence-corrected chi connectivity index (χ1v) is 7.14. The summed E-state index contributed by atoms with van der Waals surface area (Å²) in [7, 11) is 0. The largest absolute Gasteiger partial charge is 0.396 e. The molecule has 0 radical (unpaired) electrons. The van der Waals surface area contributed by atoms with Gasteiger partial charge in [0.05, 0.1) is 0 Å². The predicted molar refractivity (Wildman–Crippen MR) is 77.1 cm³/mol. The summed E-state index contributed by atoms with van der Waals surface area (Å²) < 4.78 is 0. The van der Waals surface area contributed by atoms with E-state index in [4.69, 9.17) is 0 Å². The van der Waals surface area contributed by atoms with Crippen LogP contribution in [0.5, 0.6) is 0 Å². The lowest BCUT2D eigenvalue weighted by Gasteiger charge is -2.27. The van der Waals surface area contributed by atoms with Crippen molar-refractivity contribution >= 4 is 0 Å². The highest BCUT2D eigenvalue weighted by atomic mass is 16.3. The molecule has 0 saturated heterocycles. The molecular weight excluding hydrogens is 208 g/mol. The van der Waals surface area contributed by atoms with Gasteiger partial charge in [0.25, 0.3) is 0 Å². The minimum atomic E-state index is 0.352. The molecule has 0 aliphatic heterocycles. The molecule has 0 rings (SSSR count). The van der Waals surface area contributed by atoms with Crippen molar-refractivity contribution in [1.29, 1.82) is 0 Å². The van der Waals surface area contributed by atoms with Crippen LogP contribution in [-0.2, 0) is 0 Å². The second-order valence-corrected chi connectivity index (χ2v) is 8.25. The maximum absolute atomic E-state index is 9.47. The third-order valence-corrected chi connectivity index (χ3v) is 3.26. The van der Waals surface area contributed by atoms with E-state index in [1.807, 2.05) is 0 Å². The summed E-state index contributed by atoms with van der Waals surface area (Å²) >= 11 is 0. The standard InChI is InChI=1S/C16H34O/c1-13(11-16(5,6)7)10-14(12-17)8-9-15(2,3)4/h13-14,17H,8-12H2,1-7H3. The molecule has 0 fully saturated rings. The van der Waals surface area contributed by atoms with E-state index in [9.17, 15) is 5.11 Å². The van der Waals surface area contributed by atoms with Crippen LogP contribution in [0.1, 0.15) is 74.1 Å². The van der Waals surface area contributed by atoms with Gasteiger partial charge in [-0.15, -0.1) is 0 Å². The van der Waals surface area contributed by atoms with Gasteiger partial charge in [0.1, 0.15) is 0 Å². The van der Waals surface area contributed by atoms with Gasteiger partial charge in [-0.2, -0.15) is 0 Å². The summed E-state index contributed by atoms with van der Waals surface area (Å²) in [5.74, 6) is 1.21. The first-order valence-electron chi connectivity index (χ1n) is 7.14. The van der Waals surface area contributed by atoms with Crippen LogP contribution in [0.3, 0.4) is 0 Å². The Morgan fingerprint density at radius 1 is 0.941 bits per heavy atom. The Hall–Kier alpha value is -0.0400. The van der Waals surface area contributed by atoms with Crippen molar-refractivity contribution in [2.24, 2.45) is 22.7 Å². The lowest BCUT2D eigenvalue weighted by atomic mass is 9.79. The Balaban J connectivity index is 4.04. The Morgan fingerprint density at radius 3 is 1.82 bits per heavy atom. The fraction of sp³-hybridized carbons (Fsp3) is 1.00.